The van der Waals surface area contributed by atoms with Gasteiger partial charge in [-0.15, -0.1) is 24.0 Å². The van der Waals surface area contributed by atoms with E-state index in [1.165, 1.54) is 25.8 Å². The Hall–Kier alpha value is 1.95. The third-order valence-corrected chi connectivity index (χ3v) is 9.25. The molecule has 0 spiro atoms. The second-order valence-corrected chi connectivity index (χ2v) is 12.4. The summed E-state index contributed by atoms with van der Waals surface area (Å²) in [6.07, 6.45) is 7.33. The van der Waals surface area contributed by atoms with Gasteiger partial charge in [0, 0.05) is 14.2 Å². The summed E-state index contributed by atoms with van der Waals surface area (Å²) in [7, 11) is -1.02. The topological polar surface area (TPSA) is 113 Å². The van der Waals surface area contributed by atoms with Crippen molar-refractivity contribution in [2.75, 3.05) is 41.9 Å². The third kappa shape index (κ3) is 12.1. The van der Waals surface area contributed by atoms with Crippen molar-refractivity contribution in [1.29, 1.82) is 0 Å². The van der Waals surface area contributed by atoms with Crippen LogP contribution in [0, 0.1) is 0 Å². The molecule has 0 bridgehead atoms. The summed E-state index contributed by atoms with van der Waals surface area (Å²) in [5.41, 5.74) is 0. The van der Waals surface area contributed by atoms with Gasteiger partial charge in [0.25, 0.3) is 5.08 Å². The van der Waals surface area contributed by atoms with Crippen LogP contribution in [0.1, 0.15) is 57.8 Å². The van der Waals surface area contributed by atoms with E-state index in [0.717, 1.165) is 38.0 Å². The minimum absolute atomic E-state index is 0. The van der Waals surface area contributed by atoms with E-state index >= 15 is 0 Å². The fourth-order valence-electron chi connectivity index (χ4n) is 2.74. The number of rotatable bonds is 15. The molecule has 168 valence electrons. The van der Waals surface area contributed by atoms with Gasteiger partial charge in [0.05, 0.1) is 27.7 Å². The number of hydrogen-bond acceptors (Lipinski definition) is 5. The van der Waals surface area contributed by atoms with Gasteiger partial charge in [-0.2, -0.15) is 0 Å². The molecule has 0 aliphatic rings. The molecular formula is C16H40INNaO7P2+. The van der Waals surface area contributed by atoms with E-state index < -0.39 is 20.3 Å². The first-order chi connectivity index (χ1) is 11.8. The van der Waals surface area contributed by atoms with Crippen LogP contribution in [0.25, 0.3) is 0 Å². The van der Waals surface area contributed by atoms with Gasteiger partial charge in [-0.25, -0.2) is 0 Å². The number of unbranched alkanes of at least 4 members (excludes halogenated alkanes) is 7. The van der Waals surface area contributed by atoms with E-state index in [1.54, 1.807) is 0 Å². The molecule has 2 atom stereocenters. The van der Waals surface area contributed by atoms with E-state index in [2.05, 4.69) is 30.2 Å². The van der Waals surface area contributed by atoms with Crippen molar-refractivity contribution >= 4 is 68.7 Å². The molecule has 0 radical (unpaired) electrons. The molecule has 0 aromatic rings. The molecule has 12 heteroatoms. The molecule has 0 aliphatic carbocycles. The van der Waals surface area contributed by atoms with E-state index in [9.17, 15) is 24.0 Å². The van der Waals surface area contributed by atoms with Gasteiger partial charge in [0.15, 0.2) is 0 Å². The van der Waals surface area contributed by atoms with Gasteiger partial charge in [-0.1, -0.05) is 32.1 Å². The van der Waals surface area contributed by atoms with Gasteiger partial charge < -0.3 is 28.4 Å². The van der Waals surface area contributed by atoms with E-state index in [0.29, 0.717) is 12.8 Å². The molecule has 0 fully saturated rings. The number of aliphatic hydroxyl groups is 1. The maximum absolute atomic E-state index is 12.0. The van der Waals surface area contributed by atoms with Crippen LogP contribution in [0.2, 0.25) is 0 Å². The van der Waals surface area contributed by atoms with Gasteiger partial charge in [-0.3, -0.25) is 9.13 Å². The Morgan fingerprint density at radius 3 is 1.43 bits per heavy atom. The Labute approximate surface area is 209 Å². The van der Waals surface area contributed by atoms with Crippen LogP contribution in [-0.2, 0) is 18.2 Å². The molecule has 0 saturated carbocycles. The zero-order valence-electron chi connectivity index (χ0n) is 17.3. The predicted molar refractivity (Wildman–Crippen MR) is 126 cm³/mol. The van der Waals surface area contributed by atoms with Gasteiger partial charge in [0.2, 0.25) is 0 Å². The van der Waals surface area contributed by atoms with E-state index in [4.69, 9.17) is 0 Å². The SMILES string of the molecule is COP(=O)(O)C(O)(CCCCCCCCCC[N+](C)(C)C)P(=O)(O)OC.I.[NaH]. The zero-order chi connectivity index (χ0) is 20.5. The van der Waals surface area contributed by atoms with E-state index in [1.807, 2.05) is 0 Å². The summed E-state index contributed by atoms with van der Waals surface area (Å²) in [5, 5.41) is 7.56. The average molecular weight is 570 g/mol. The summed E-state index contributed by atoms with van der Waals surface area (Å²) >= 11 is 0. The number of quaternary nitrogens is 1. The van der Waals surface area contributed by atoms with Crippen LogP contribution in [0.5, 0.6) is 0 Å². The summed E-state index contributed by atoms with van der Waals surface area (Å²) in [4.78, 5) is 19.5. The molecule has 0 heterocycles. The molecule has 0 aromatic heterocycles. The van der Waals surface area contributed by atoms with Crippen LogP contribution >= 0.6 is 39.2 Å². The molecule has 2 unspecified atom stereocenters. The molecule has 0 saturated heterocycles. The van der Waals surface area contributed by atoms with Crippen molar-refractivity contribution in [1.82, 2.24) is 0 Å². The van der Waals surface area contributed by atoms with Crippen LogP contribution in [0.3, 0.4) is 0 Å². The number of nitrogens with zero attached hydrogens (tertiary/aromatic N) is 1. The first-order valence-electron chi connectivity index (χ1n) is 9.13. The van der Waals surface area contributed by atoms with Crippen molar-refractivity contribution in [2.24, 2.45) is 0 Å². The fraction of sp³-hybridized carbons (Fsp3) is 1.00. The molecule has 28 heavy (non-hydrogen) atoms. The Morgan fingerprint density at radius 2 is 1.11 bits per heavy atom. The van der Waals surface area contributed by atoms with Crippen LogP contribution < -0.4 is 0 Å². The van der Waals surface area contributed by atoms with Crippen molar-refractivity contribution in [3.8, 4) is 0 Å². The second-order valence-electron chi connectivity index (χ2n) is 7.77. The Morgan fingerprint density at radius 1 is 0.786 bits per heavy atom. The summed E-state index contributed by atoms with van der Waals surface area (Å²) in [5.74, 6) is 0. The summed E-state index contributed by atoms with van der Waals surface area (Å²) < 4.78 is 33.8. The average Bonchev–Trinajstić information content (AvgIpc) is 2.54. The fourth-order valence-corrected chi connectivity index (χ4v) is 5.98. The van der Waals surface area contributed by atoms with Crippen LogP contribution in [-0.4, -0.2) is 95.9 Å². The van der Waals surface area contributed by atoms with Crippen LogP contribution in [0.4, 0.5) is 0 Å². The Balaban J connectivity index is -0.00000312. The summed E-state index contributed by atoms with van der Waals surface area (Å²) in [6, 6.07) is 0. The summed E-state index contributed by atoms with van der Waals surface area (Å²) in [6.45, 7) is 1.17. The van der Waals surface area contributed by atoms with Crippen molar-refractivity contribution in [2.45, 2.75) is 62.9 Å². The van der Waals surface area contributed by atoms with E-state index in [-0.39, 0.29) is 60.0 Å². The molecule has 0 rings (SSSR count). The molecule has 0 amide bonds. The van der Waals surface area contributed by atoms with Gasteiger partial charge >= 0.3 is 44.7 Å². The zero-order valence-corrected chi connectivity index (χ0v) is 21.4. The Kier molecular flexibility index (Phi) is 19.4. The number of hydrogen-bond donors (Lipinski definition) is 3. The Bertz CT molecular complexity index is 482. The third-order valence-electron chi connectivity index (χ3n) is 4.49. The minimum atomic E-state index is -4.71. The first-order valence-corrected chi connectivity index (χ1v) is 12.3. The van der Waals surface area contributed by atoms with Crippen molar-refractivity contribution < 1.29 is 37.6 Å². The predicted octanol–water partition coefficient (Wildman–Crippen LogP) is 3.48. The van der Waals surface area contributed by atoms with Crippen molar-refractivity contribution in [3.05, 3.63) is 0 Å². The standard InChI is InChI=1S/C16H37NO7P2.HI.Na.H/c1-17(2,3)15-13-11-9-7-6-8-10-12-14-16(18,25(19,20)23-4)26(21,22)24-5;;;/h18H,6-15H2,1-5H3,(H-,19,20,21,22);1H;;/p+1. The first kappa shape index (κ1) is 34.6. The molecule has 3 N–H and O–H groups in total. The molecule has 8 nitrogen and oxygen atoms in total. The van der Waals surface area contributed by atoms with Gasteiger partial charge in [0.1, 0.15) is 0 Å². The normalized spacial score (nSPS) is 18.1. The quantitative estimate of drug-likeness (QED) is 0.0909. The molecule has 0 aromatic carbocycles. The molecule has 0 aliphatic heterocycles. The monoisotopic (exact) mass is 570 g/mol. The van der Waals surface area contributed by atoms with Crippen molar-refractivity contribution in [3.63, 3.8) is 0 Å². The molecular weight excluding hydrogens is 530 g/mol. The second kappa shape index (κ2) is 15.7. The van der Waals surface area contributed by atoms with Gasteiger partial charge in [-0.05, 0) is 25.7 Å². The number of halogens is 1. The maximum atomic E-state index is 12.0. The van der Waals surface area contributed by atoms with Crippen LogP contribution in [0.15, 0.2) is 0 Å².